The third-order valence-corrected chi connectivity index (χ3v) is 6.26. The summed E-state index contributed by atoms with van der Waals surface area (Å²) in [5, 5.41) is 12.2. The maximum Gasteiger partial charge on any atom is 0.225 e. The Balaban J connectivity index is 1.33. The number of fused-ring (bicyclic) bond motifs is 1. The Labute approximate surface area is 195 Å². The number of nitrogens with zero attached hydrogens (tertiary/aromatic N) is 3. The molecule has 1 fully saturated rings. The third kappa shape index (κ3) is 5.27. The SMILES string of the molecule is Cc1ccc(C)c(NC(=S)N[C@H]2CC[C@@H](Nc3nc(N(C)C)c4ccccc4n3)CC2)c1. The van der Waals surface area contributed by atoms with E-state index in [2.05, 4.69) is 54.1 Å². The van der Waals surface area contributed by atoms with Crippen molar-refractivity contribution in [2.45, 2.75) is 51.6 Å². The lowest BCUT2D eigenvalue weighted by Gasteiger charge is -2.30. The van der Waals surface area contributed by atoms with Crippen LogP contribution in [0.15, 0.2) is 42.5 Å². The molecule has 1 heterocycles. The molecule has 6 nitrogen and oxygen atoms in total. The van der Waals surface area contributed by atoms with Crippen molar-refractivity contribution in [3.05, 3.63) is 53.6 Å². The Hall–Kier alpha value is -2.93. The van der Waals surface area contributed by atoms with Gasteiger partial charge in [-0.2, -0.15) is 4.98 Å². The molecule has 0 bridgehead atoms. The molecular formula is C25H32N6S. The quantitative estimate of drug-likeness (QED) is 0.474. The van der Waals surface area contributed by atoms with E-state index in [4.69, 9.17) is 22.2 Å². The molecule has 1 aliphatic carbocycles. The fraction of sp³-hybridized carbons (Fsp3) is 0.400. The number of nitrogens with one attached hydrogen (secondary N) is 3. The van der Waals surface area contributed by atoms with Crippen molar-refractivity contribution in [3.8, 4) is 0 Å². The summed E-state index contributed by atoms with van der Waals surface area (Å²) < 4.78 is 0. The molecule has 4 rings (SSSR count). The number of anilines is 3. The highest BCUT2D eigenvalue weighted by atomic mass is 32.1. The van der Waals surface area contributed by atoms with Gasteiger partial charge < -0.3 is 20.9 Å². The summed E-state index contributed by atoms with van der Waals surface area (Å²) in [4.78, 5) is 11.6. The molecule has 2 aromatic carbocycles. The van der Waals surface area contributed by atoms with Crippen LogP contribution >= 0.6 is 12.2 Å². The van der Waals surface area contributed by atoms with E-state index < -0.39 is 0 Å². The van der Waals surface area contributed by atoms with Crippen LogP contribution < -0.4 is 20.9 Å². The first-order chi connectivity index (χ1) is 15.4. The van der Waals surface area contributed by atoms with Crippen molar-refractivity contribution in [1.29, 1.82) is 0 Å². The molecule has 0 atom stereocenters. The normalized spacial score (nSPS) is 18.2. The molecule has 3 aromatic rings. The van der Waals surface area contributed by atoms with Crippen molar-refractivity contribution in [3.63, 3.8) is 0 Å². The van der Waals surface area contributed by atoms with Gasteiger partial charge in [0.05, 0.1) is 5.52 Å². The van der Waals surface area contributed by atoms with E-state index in [-0.39, 0.29) is 0 Å². The highest BCUT2D eigenvalue weighted by molar-refractivity contribution is 7.80. The lowest BCUT2D eigenvalue weighted by molar-refractivity contribution is 0.387. The van der Waals surface area contributed by atoms with Crippen LogP contribution in [0.5, 0.6) is 0 Å². The maximum atomic E-state index is 5.58. The Morgan fingerprint density at radius 2 is 1.69 bits per heavy atom. The van der Waals surface area contributed by atoms with Crippen LogP contribution in [0.3, 0.4) is 0 Å². The number of thiocarbonyl (C=S) groups is 1. The fourth-order valence-electron chi connectivity index (χ4n) is 4.24. The average Bonchev–Trinajstić information content (AvgIpc) is 2.77. The molecule has 32 heavy (non-hydrogen) atoms. The van der Waals surface area contributed by atoms with Gasteiger partial charge in [0.2, 0.25) is 5.95 Å². The summed E-state index contributed by atoms with van der Waals surface area (Å²) in [5.74, 6) is 1.65. The molecule has 0 aliphatic heterocycles. The van der Waals surface area contributed by atoms with Crippen LogP contribution in [-0.4, -0.2) is 41.3 Å². The fourth-order valence-corrected chi connectivity index (χ4v) is 4.52. The minimum atomic E-state index is 0.366. The largest absolute Gasteiger partial charge is 0.362 e. The van der Waals surface area contributed by atoms with E-state index in [0.717, 1.165) is 48.1 Å². The predicted octanol–water partition coefficient (Wildman–Crippen LogP) is 5.02. The van der Waals surface area contributed by atoms with Gasteiger partial charge in [-0.1, -0.05) is 24.3 Å². The Morgan fingerprint density at radius 1 is 0.969 bits per heavy atom. The van der Waals surface area contributed by atoms with Gasteiger partial charge in [0.25, 0.3) is 0 Å². The smallest absolute Gasteiger partial charge is 0.225 e. The lowest BCUT2D eigenvalue weighted by Crippen LogP contribution is -2.42. The molecule has 0 spiro atoms. The third-order valence-electron chi connectivity index (χ3n) is 6.04. The van der Waals surface area contributed by atoms with Crippen LogP contribution in [0.1, 0.15) is 36.8 Å². The molecule has 0 unspecified atom stereocenters. The van der Waals surface area contributed by atoms with Crippen LogP contribution in [-0.2, 0) is 0 Å². The number of para-hydroxylation sites is 1. The summed E-state index contributed by atoms with van der Waals surface area (Å²) in [7, 11) is 4.04. The average molecular weight is 449 g/mol. The van der Waals surface area contributed by atoms with Gasteiger partial charge >= 0.3 is 0 Å². The van der Waals surface area contributed by atoms with Gasteiger partial charge in [0.15, 0.2) is 5.11 Å². The molecule has 1 aliphatic rings. The van der Waals surface area contributed by atoms with Crippen molar-refractivity contribution >= 4 is 45.7 Å². The van der Waals surface area contributed by atoms with E-state index in [0.29, 0.717) is 23.1 Å². The van der Waals surface area contributed by atoms with Gasteiger partial charge in [0.1, 0.15) is 5.82 Å². The molecule has 7 heteroatoms. The second-order valence-electron chi connectivity index (χ2n) is 8.89. The van der Waals surface area contributed by atoms with Gasteiger partial charge in [-0.15, -0.1) is 0 Å². The highest BCUT2D eigenvalue weighted by Crippen LogP contribution is 2.26. The van der Waals surface area contributed by atoms with E-state index in [1.807, 2.05) is 37.2 Å². The molecule has 3 N–H and O–H groups in total. The zero-order valence-corrected chi connectivity index (χ0v) is 20.1. The molecule has 0 saturated heterocycles. The monoisotopic (exact) mass is 448 g/mol. The van der Waals surface area contributed by atoms with Crippen molar-refractivity contribution < 1.29 is 0 Å². The second kappa shape index (κ2) is 9.69. The van der Waals surface area contributed by atoms with E-state index in [1.54, 1.807) is 0 Å². The van der Waals surface area contributed by atoms with Gasteiger partial charge in [-0.25, -0.2) is 4.98 Å². The first-order valence-electron chi connectivity index (χ1n) is 11.2. The molecule has 168 valence electrons. The highest BCUT2D eigenvalue weighted by Gasteiger charge is 2.23. The Morgan fingerprint density at radius 3 is 2.44 bits per heavy atom. The Bertz CT molecular complexity index is 1100. The summed E-state index contributed by atoms with van der Waals surface area (Å²) >= 11 is 5.58. The lowest BCUT2D eigenvalue weighted by atomic mass is 9.91. The van der Waals surface area contributed by atoms with Crippen LogP contribution in [0.4, 0.5) is 17.5 Å². The Kier molecular flexibility index (Phi) is 6.74. The molecule has 0 amide bonds. The number of hydrogen-bond acceptors (Lipinski definition) is 5. The maximum absolute atomic E-state index is 5.58. The van der Waals surface area contributed by atoms with Gasteiger partial charge in [-0.05, 0) is 81.1 Å². The predicted molar refractivity (Wildman–Crippen MR) is 139 cm³/mol. The van der Waals surface area contributed by atoms with Crippen LogP contribution in [0.2, 0.25) is 0 Å². The van der Waals surface area contributed by atoms with Crippen LogP contribution in [0, 0.1) is 13.8 Å². The number of aryl methyl sites for hydroxylation is 2. The molecular weight excluding hydrogens is 416 g/mol. The topological polar surface area (TPSA) is 65.1 Å². The molecule has 0 radical (unpaired) electrons. The number of benzene rings is 2. The van der Waals surface area contributed by atoms with E-state index in [1.165, 1.54) is 11.1 Å². The number of aromatic nitrogens is 2. The summed E-state index contributed by atoms with van der Waals surface area (Å²) in [6.45, 7) is 4.19. The zero-order chi connectivity index (χ0) is 22.7. The zero-order valence-electron chi connectivity index (χ0n) is 19.3. The van der Waals surface area contributed by atoms with E-state index in [9.17, 15) is 0 Å². The van der Waals surface area contributed by atoms with Gasteiger partial charge in [-0.3, -0.25) is 0 Å². The standard InChI is InChI=1S/C25H32N6S/c1-16-9-10-17(2)22(15-16)29-25(32)27-19-13-11-18(12-14-19)26-24-28-21-8-6-5-7-20(21)23(30-24)31(3)4/h5-10,15,18-19H,11-14H2,1-4H3,(H,26,28,30)(H2,27,29,32)/t18-,19+. The summed E-state index contributed by atoms with van der Waals surface area (Å²) in [6, 6.07) is 15.3. The molecule has 1 saturated carbocycles. The second-order valence-corrected chi connectivity index (χ2v) is 9.30. The first-order valence-corrected chi connectivity index (χ1v) is 11.7. The molecule has 1 aromatic heterocycles. The van der Waals surface area contributed by atoms with Crippen molar-refractivity contribution in [1.82, 2.24) is 15.3 Å². The van der Waals surface area contributed by atoms with E-state index >= 15 is 0 Å². The minimum Gasteiger partial charge on any atom is -0.362 e. The summed E-state index contributed by atoms with van der Waals surface area (Å²) in [6.07, 6.45) is 4.22. The first kappa shape index (κ1) is 22.3. The van der Waals surface area contributed by atoms with Crippen molar-refractivity contribution in [2.24, 2.45) is 0 Å². The van der Waals surface area contributed by atoms with Gasteiger partial charge in [0, 0.05) is 37.3 Å². The number of rotatable bonds is 5. The van der Waals surface area contributed by atoms with Crippen LogP contribution in [0.25, 0.3) is 10.9 Å². The number of hydrogen-bond donors (Lipinski definition) is 3. The van der Waals surface area contributed by atoms with Crippen molar-refractivity contribution in [2.75, 3.05) is 29.6 Å². The summed E-state index contributed by atoms with van der Waals surface area (Å²) in [5.41, 5.74) is 4.45. The minimum absolute atomic E-state index is 0.366.